The molecule has 0 saturated heterocycles. The first-order chi connectivity index (χ1) is 9.95. The maximum absolute atomic E-state index is 12.3. The van der Waals surface area contributed by atoms with E-state index in [2.05, 4.69) is 19.9 Å². The predicted molar refractivity (Wildman–Crippen MR) is 81.6 cm³/mol. The highest BCUT2D eigenvalue weighted by Crippen LogP contribution is 2.63. The number of allylic oxidation sites excluding steroid dienone is 2. The average molecular weight is 286 g/mol. The molecule has 0 N–H and O–H groups in total. The van der Waals surface area contributed by atoms with E-state index in [4.69, 9.17) is 0 Å². The summed E-state index contributed by atoms with van der Waals surface area (Å²) in [6, 6.07) is 0. The molecule has 114 valence electrons. The molecule has 0 aromatic carbocycles. The van der Waals surface area contributed by atoms with Crippen molar-refractivity contribution >= 4 is 11.6 Å². The zero-order valence-electron chi connectivity index (χ0n) is 13.2. The number of Topliss-reactive ketones (excluding diaryl/α,β-unsaturated/α-hetero) is 1. The van der Waals surface area contributed by atoms with E-state index in [1.165, 1.54) is 19.3 Å². The number of carbonyl (C=O) groups is 2. The van der Waals surface area contributed by atoms with Crippen LogP contribution in [-0.2, 0) is 9.59 Å². The fourth-order valence-electron chi connectivity index (χ4n) is 6.32. The normalized spacial score (nSPS) is 52.3. The maximum atomic E-state index is 12.3. The Labute approximate surface area is 127 Å². The van der Waals surface area contributed by atoms with E-state index in [0.29, 0.717) is 34.7 Å². The van der Waals surface area contributed by atoms with Gasteiger partial charge in [0, 0.05) is 18.3 Å². The highest BCUT2D eigenvalue weighted by Gasteiger charge is 2.58. The molecule has 21 heavy (non-hydrogen) atoms. The van der Waals surface area contributed by atoms with Gasteiger partial charge in [-0.05, 0) is 67.3 Å². The lowest BCUT2D eigenvalue weighted by atomic mass is 9.45. The van der Waals surface area contributed by atoms with Crippen molar-refractivity contribution in [2.75, 3.05) is 0 Å². The number of rotatable bonds is 0. The molecule has 0 aromatic rings. The highest BCUT2D eigenvalue weighted by molar-refractivity contribution is 5.97. The van der Waals surface area contributed by atoms with Gasteiger partial charge >= 0.3 is 0 Å². The zero-order chi connectivity index (χ0) is 14.8. The third-order valence-corrected chi connectivity index (χ3v) is 7.75. The van der Waals surface area contributed by atoms with Crippen molar-refractivity contribution in [3.05, 3.63) is 12.2 Å². The maximum Gasteiger partial charge on any atom is 0.161 e. The molecule has 0 aliphatic heterocycles. The summed E-state index contributed by atoms with van der Waals surface area (Å²) >= 11 is 0. The van der Waals surface area contributed by atoms with Crippen LogP contribution in [0.4, 0.5) is 0 Å². The Morgan fingerprint density at radius 3 is 2.71 bits per heavy atom. The first-order valence-corrected chi connectivity index (χ1v) is 8.69. The molecule has 0 radical (unpaired) electrons. The molecule has 3 fully saturated rings. The van der Waals surface area contributed by atoms with E-state index in [9.17, 15) is 9.59 Å². The molecular weight excluding hydrogens is 260 g/mol. The third kappa shape index (κ3) is 1.71. The van der Waals surface area contributed by atoms with Gasteiger partial charge in [-0.3, -0.25) is 9.59 Å². The molecular formula is C19H26O2. The lowest BCUT2D eigenvalue weighted by Gasteiger charge is -2.59. The Bertz CT molecular complexity index is 534. The summed E-state index contributed by atoms with van der Waals surface area (Å²) in [7, 11) is 0. The molecule has 0 bridgehead atoms. The minimum atomic E-state index is -0.116. The smallest absolute Gasteiger partial charge is 0.161 e. The van der Waals surface area contributed by atoms with Crippen molar-refractivity contribution in [1.29, 1.82) is 0 Å². The van der Waals surface area contributed by atoms with Gasteiger partial charge in [0.1, 0.15) is 5.78 Å². The summed E-state index contributed by atoms with van der Waals surface area (Å²) < 4.78 is 0. The molecule has 2 nitrogen and oxygen atoms in total. The van der Waals surface area contributed by atoms with Gasteiger partial charge in [-0.1, -0.05) is 19.9 Å². The molecule has 0 spiro atoms. The molecule has 2 heteroatoms. The first kappa shape index (κ1) is 13.7. The number of hydrogen-bond acceptors (Lipinski definition) is 2. The second-order valence-corrected chi connectivity index (χ2v) is 8.50. The topological polar surface area (TPSA) is 34.1 Å². The van der Waals surface area contributed by atoms with Crippen molar-refractivity contribution in [2.45, 2.75) is 58.8 Å². The summed E-state index contributed by atoms with van der Waals surface area (Å²) in [5, 5.41) is 0. The van der Waals surface area contributed by atoms with Gasteiger partial charge in [-0.25, -0.2) is 0 Å². The largest absolute Gasteiger partial charge is 0.300 e. The summed E-state index contributed by atoms with van der Waals surface area (Å²) in [5.41, 5.74) is 0.229. The minimum Gasteiger partial charge on any atom is -0.300 e. The molecule has 6 atom stereocenters. The number of carbonyl (C=O) groups excluding carboxylic acids is 2. The lowest BCUT2D eigenvalue weighted by Crippen LogP contribution is -2.53. The predicted octanol–water partition coefficient (Wildman–Crippen LogP) is 3.94. The summed E-state index contributed by atoms with van der Waals surface area (Å²) in [6.07, 6.45) is 11.4. The van der Waals surface area contributed by atoms with Crippen LogP contribution in [0.25, 0.3) is 0 Å². The lowest BCUT2D eigenvalue weighted by molar-refractivity contribution is -0.142. The van der Waals surface area contributed by atoms with Gasteiger partial charge in [0.2, 0.25) is 0 Å². The van der Waals surface area contributed by atoms with Crippen LogP contribution in [0.5, 0.6) is 0 Å². The SMILES string of the molecule is C[C@]12CCC(=O)C[C@@H]1CC[C@H]1[C@H]3C=CC(=O)[C@]3(C)CC[C@@H]12. The average Bonchev–Trinajstić information content (AvgIpc) is 2.76. The van der Waals surface area contributed by atoms with Crippen molar-refractivity contribution in [2.24, 2.45) is 34.5 Å². The van der Waals surface area contributed by atoms with Crippen molar-refractivity contribution in [1.82, 2.24) is 0 Å². The molecule has 0 heterocycles. The second-order valence-electron chi connectivity index (χ2n) is 8.50. The fraction of sp³-hybridized carbons (Fsp3) is 0.789. The van der Waals surface area contributed by atoms with Crippen LogP contribution in [0, 0.1) is 34.5 Å². The molecule has 0 amide bonds. The van der Waals surface area contributed by atoms with Crippen LogP contribution in [0.3, 0.4) is 0 Å². The summed E-state index contributed by atoms with van der Waals surface area (Å²) in [5.74, 6) is 3.29. The Morgan fingerprint density at radius 1 is 1.10 bits per heavy atom. The standard InChI is InChI=1S/C19H26O2/c1-18-9-7-13(20)11-12(18)3-4-14-15-5-6-17(21)19(15,2)10-8-16(14)18/h5-6,12,14-16H,3-4,7-11H2,1-2H3/t12-,14-,15+,16-,18-,19+/m0/s1. The molecule has 4 aliphatic carbocycles. The number of ketones is 2. The molecule has 3 saturated carbocycles. The van der Waals surface area contributed by atoms with E-state index in [-0.39, 0.29) is 5.41 Å². The van der Waals surface area contributed by atoms with Crippen LogP contribution in [-0.4, -0.2) is 11.6 Å². The Morgan fingerprint density at radius 2 is 1.90 bits per heavy atom. The Hall–Kier alpha value is -0.920. The Kier molecular flexibility index (Phi) is 2.81. The van der Waals surface area contributed by atoms with Crippen LogP contribution < -0.4 is 0 Å². The van der Waals surface area contributed by atoms with Crippen molar-refractivity contribution in [3.63, 3.8) is 0 Å². The van der Waals surface area contributed by atoms with E-state index in [0.717, 1.165) is 31.6 Å². The summed E-state index contributed by atoms with van der Waals surface area (Å²) in [6.45, 7) is 4.64. The van der Waals surface area contributed by atoms with Gasteiger partial charge in [0.25, 0.3) is 0 Å². The second kappa shape index (κ2) is 4.30. The molecule has 4 rings (SSSR count). The minimum absolute atomic E-state index is 0.116. The number of hydrogen-bond donors (Lipinski definition) is 0. The van der Waals surface area contributed by atoms with Crippen molar-refractivity contribution < 1.29 is 9.59 Å². The van der Waals surface area contributed by atoms with Crippen LogP contribution >= 0.6 is 0 Å². The summed E-state index contributed by atoms with van der Waals surface area (Å²) in [4.78, 5) is 24.1. The van der Waals surface area contributed by atoms with E-state index >= 15 is 0 Å². The quantitative estimate of drug-likeness (QED) is 0.676. The molecule has 0 unspecified atom stereocenters. The van der Waals surface area contributed by atoms with Gasteiger partial charge in [-0.15, -0.1) is 0 Å². The fourth-order valence-corrected chi connectivity index (χ4v) is 6.32. The van der Waals surface area contributed by atoms with E-state index in [1.54, 1.807) is 0 Å². The van der Waals surface area contributed by atoms with Crippen LogP contribution in [0.1, 0.15) is 58.8 Å². The van der Waals surface area contributed by atoms with E-state index < -0.39 is 0 Å². The van der Waals surface area contributed by atoms with Gasteiger partial charge in [0.15, 0.2) is 5.78 Å². The number of fused-ring (bicyclic) bond motifs is 5. The van der Waals surface area contributed by atoms with Crippen molar-refractivity contribution in [3.8, 4) is 0 Å². The van der Waals surface area contributed by atoms with Crippen LogP contribution in [0.15, 0.2) is 12.2 Å². The van der Waals surface area contributed by atoms with Gasteiger partial charge < -0.3 is 0 Å². The first-order valence-electron chi connectivity index (χ1n) is 8.69. The molecule has 4 aliphatic rings. The zero-order valence-corrected chi connectivity index (χ0v) is 13.2. The highest BCUT2D eigenvalue weighted by atomic mass is 16.1. The van der Waals surface area contributed by atoms with Crippen LogP contribution in [0.2, 0.25) is 0 Å². The Balaban J connectivity index is 1.67. The molecule has 0 aromatic heterocycles. The monoisotopic (exact) mass is 286 g/mol. The third-order valence-electron chi connectivity index (χ3n) is 7.75. The van der Waals surface area contributed by atoms with Gasteiger partial charge in [-0.2, -0.15) is 0 Å². The van der Waals surface area contributed by atoms with Gasteiger partial charge in [0.05, 0.1) is 0 Å². The van der Waals surface area contributed by atoms with E-state index in [1.807, 2.05) is 6.08 Å².